The molecule has 0 saturated heterocycles. The van der Waals surface area contributed by atoms with Gasteiger partial charge in [-0.05, 0) is 41.0 Å². The van der Waals surface area contributed by atoms with Gasteiger partial charge in [0.1, 0.15) is 11.6 Å². The lowest BCUT2D eigenvalue weighted by atomic mass is 9.97. The Labute approximate surface area is 119 Å². The number of nitrogens with zero attached hydrogens (tertiary/aromatic N) is 1. The van der Waals surface area contributed by atoms with Gasteiger partial charge in [-0.3, -0.25) is 0 Å². The van der Waals surface area contributed by atoms with Crippen LogP contribution in [0.2, 0.25) is 0 Å². The van der Waals surface area contributed by atoms with Crippen LogP contribution in [0.25, 0.3) is 5.57 Å². The maximum absolute atomic E-state index is 13.0. The van der Waals surface area contributed by atoms with Crippen molar-refractivity contribution in [2.75, 3.05) is 0 Å². The van der Waals surface area contributed by atoms with E-state index in [1.165, 1.54) is 54.8 Å². The molecular formula is C16H9F2NO2. The van der Waals surface area contributed by atoms with Crippen molar-refractivity contribution in [2.45, 2.75) is 0 Å². The predicted octanol–water partition coefficient (Wildman–Crippen LogP) is 3.42. The number of rotatable bonds is 3. The van der Waals surface area contributed by atoms with Gasteiger partial charge in [0.15, 0.2) is 0 Å². The van der Waals surface area contributed by atoms with Crippen LogP contribution in [0, 0.1) is 23.2 Å². The van der Waals surface area contributed by atoms with Gasteiger partial charge >= 0.3 is 5.97 Å². The molecule has 0 aliphatic heterocycles. The molecule has 0 N–H and O–H groups in total. The van der Waals surface area contributed by atoms with E-state index in [1.54, 1.807) is 0 Å². The molecule has 0 radical (unpaired) electrons. The van der Waals surface area contributed by atoms with Gasteiger partial charge in [0.05, 0.1) is 0 Å². The van der Waals surface area contributed by atoms with Crippen LogP contribution in [0.1, 0.15) is 11.1 Å². The van der Waals surface area contributed by atoms with Crippen LogP contribution in [0.4, 0.5) is 8.78 Å². The van der Waals surface area contributed by atoms with Crippen LogP contribution in [-0.4, -0.2) is 5.97 Å². The summed E-state index contributed by atoms with van der Waals surface area (Å²) in [4.78, 5) is 11.5. The number of nitriles is 1. The third kappa shape index (κ3) is 3.74. The molecule has 0 unspecified atom stereocenters. The molecule has 2 rings (SSSR count). The van der Waals surface area contributed by atoms with E-state index in [0.29, 0.717) is 16.7 Å². The topological polar surface area (TPSA) is 50.1 Å². The van der Waals surface area contributed by atoms with Gasteiger partial charge in [-0.2, -0.15) is 0 Å². The summed E-state index contributed by atoms with van der Waals surface area (Å²) >= 11 is 0. The number of benzene rings is 2. The minimum Gasteiger partial charge on any atom is -0.347 e. The van der Waals surface area contributed by atoms with Crippen molar-refractivity contribution in [1.29, 1.82) is 5.26 Å². The Morgan fingerprint density at radius 3 is 1.76 bits per heavy atom. The zero-order valence-corrected chi connectivity index (χ0v) is 10.7. The van der Waals surface area contributed by atoms with Gasteiger partial charge in [-0.25, -0.2) is 13.6 Å². The first-order valence-corrected chi connectivity index (χ1v) is 5.93. The summed E-state index contributed by atoms with van der Waals surface area (Å²) in [7, 11) is 0. The monoisotopic (exact) mass is 285 g/mol. The number of hydrogen-bond donors (Lipinski definition) is 0. The first kappa shape index (κ1) is 14.4. The summed E-state index contributed by atoms with van der Waals surface area (Å²) in [5.74, 6) is -1.70. The highest BCUT2D eigenvalue weighted by atomic mass is 19.1. The summed E-state index contributed by atoms with van der Waals surface area (Å²) in [6.45, 7) is 0. The summed E-state index contributed by atoms with van der Waals surface area (Å²) in [6.07, 6.45) is 2.38. The van der Waals surface area contributed by atoms with E-state index in [-0.39, 0.29) is 0 Å². The summed E-state index contributed by atoms with van der Waals surface area (Å²) in [5, 5.41) is 8.34. The number of carbonyl (C=O) groups is 1. The van der Waals surface area contributed by atoms with Crippen LogP contribution >= 0.6 is 0 Å². The van der Waals surface area contributed by atoms with E-state index in [9.17, 15) is 13.6 Å². The molecule has 0 fully saturated rings. The molecule has 2 aromatic carbocycles. The summed E-state index contributed by atoms with van der Waals surface area (Å²) < 4.78 is 30.2. The van der Waals surface area contributed by atoms with Crippen LogP contribution in [0.3, 0.4) is 0 Å². The van der Waals surface area contributed by atoms with E-state index < -0.39 is 17.6 Å². The van der Waals surface area contributed by atoms with Gasteiger partial charge in [0.25, 0.3) is 6.26 Å². The Morgan fingerprint density at radius 2 is 1.38 bits per heavy atom. The third-order valence-corrected chi connectivity index (χ3v) is 2.72. The molecular weight excluding hydrogens is 276 g/mol. The molecule has 21 heavy (non-hydrogen) atoms. The highest BCUT2D eigenvalue weighted by Gasteiger charge is 2.09. The number of ether oxygens (including phenoxy) is 1. The maximum Gasteiger partial charge on any atom is 0.346 e. The molecule has 0 saturated carbocycles. The Morgan fingerprint density at radius 1 is 0.952 bits per heavy atom. The maximum atomic E-state index is 13.0. The number of esters is 1. The molecule has 0 aliphatic carbocycles. The van der Waals surface area contributed by atoms with Gasteiger partial charge in [-0.15, -0.1) is 5.26 Å². The van der Waals surface area contributed by atoms with Crippen LogP contribution in [0.5, 0.6) is 0 Å². The largest absolute Gasteiger partial charge is 0.347 e. The van der Waals surface area contributed by atoms with Gasteiger partial charge in [0.2, 0.25) is 0 Å². The fourth-order valence-corrected chi connectivity index (χ4v) is 1.78. The van der Waals surface area contributed by atoms with Crippen LogP contribution in [-0.2, 0) is 9.53 Å². The van der Waals surface area contributed by atoms with Crippen molar-refractivity contribution in [3.8, 4) is 6.26 Å². The Bertz CT molecular complexity index is 666. The van der Waals surface area contributed by atoms with Crippen molar-refractivity contribution >= 4 is 11.5 Å². The van der Waals surface area contributed by atoms with Crippen molar-refractivity contribution < 1.29 is 18.3 Å². The minimum absolute atomic E-state index is 0.398. The quantitative estimate of drug-likeness (QED) is 0.493. The smallest absolute Gasteiger partial charge is 0.346 e. The first-order chi connectivity index (χ1) is 10.1. The fourth-order valence-electron chi connectivity index (χ4n) is 1.78. The van der Waals surface area contributed by atoms with Gasteiger partial charge < -0.3 is 4.74 Å². The average molecular weight is 285 g/mol. The number of carbonyl (C=O) groups excluding carboxylic acids is 1. The van der Waals surface area contributed by atoms with Crippen LogP contribution in [0.15, 0.2) is 54.6 Å². The second kappa shape index (κ2) is 6.44. The molecule has 3 nitrogen and oxygen atoms in total. The van der Waals surface area contributed by atoms with Crippen molar-refractivity contribution in [3.63, 3.8) is 0 Å². The first-order valence-electron chi connectivity index (χ1n) is 5.93. The Hall–Kier alpha value is -3.00. The minimum atomic E-state index is -0.860. The fraction of sp³-hybridized carbons (Fsp3) is 0. The highest BCUT2D eigenvalue weighted by molar-refractivity contribution is 5.96. The molecule has 5 heteroatoms. The molecule has 0 heterocycles. The molecule has 0 spiro atoms. The van der Waals surface area contributed by atoms with E-state index in [4.69, 9.17) is 5.26 Å². The van der Waals surface area contributed by atoms with Gasteiger partial charge in [0, 0.05) is 6.08 Å². The predicted molar refractivity (Wildman–Crippen MR) is 71.6 cm³/mol. The van der Waals surface area contributed by atoms with E-state index in [0.717, 1.165) is 6.08 Å². The summed E-state index contributed by atoms with van der Waals surface area (Å²) in [6, 6.07) is 10.9. The van der Waals surface area contributed by atoms with Crippen LogP contribution < -0.4 is 0 Å². The molecule has 0 bridgehead atoms. The standard InChI is InChI=1S/C16H9F2NO2/c17-13-5-1-11(2-6-13)15(9-16(20)21-10-19)12-3-7-14(18)8-4-12/h1-9H. The molecule has 104 valence electrons. The Kier molecular flexibility index (Phi) is 4.42. The lowest BCUT2D eigenvalue weighted by Gasteiger charge is -2.08. The third-order valence-electron chi connectivity index (χ3n) is 2.72. The lowest BCUT2D eigenvalue weighted by molar-refractivity contribution is -0.131. The summed E-state index contributed by atoms with van der Waals surface area (Å²) in [5.41, 5.74) is 1.48. The zero-order valence-electron chi connectivity index (χ0n) is 10.7. The zero-order chi connectivity index (χ0) is 15.2. The Balaban J connectivity index is 2.49. The second-order valence-electron chi connectivity index (χ2n) is 4.08. The molecule has 0 aliphatic rings. The lowest BCUT2D eigenvalue weighted by Crippen LogP contribution is -1.98. The van der Waals surface area contributed by atoms with Crippen molar-refractivity contribution in [3.05, 3.63) is 77.4 Å². The average Bonchev–Trinajstić information content (AvgIpc) is 2.47. The second-order valence-corrected chi connectivity index (χ2v) is 4.08. The molecule has 0 amide bonds. The van der Waals surface area contributed by atoms with E-state index in [1.807, 2.05) is 0 Å². The normalized spacial score (nSPS) is 9.57. The van der Waals surface area contributed by atoms with E-state index >= 15 is 0 Å². The van der Waals surface area contributed by atoms with Crippen molar-refractivity contribution in [2.24, 2.45) is 0 Å². The number of hydrogen-bond acceptors (Lipinski definition) is 3. The van der Waals surface area contributed by atoms with Gasteiger partial charge in [-0.1, -0.05) is 24.3 Å². The number of halogens is 2. The van der Waals surface area contributed by atoms with Crippen molar-refractivity contribution in [1.82, 2.24) is 0 Å². The SMILES string of the molecule is N#COC(=O)C=C(c1ccc(F)cc1)c1ccc(F)cc1. The highest BCUT2D eigenvalue weighted by Crippen LogP contribution is 2.24. The molecule has 0 aromatic heterocycles. The molecule has 0 atom stereocenters. The van der Waals surface area contributed by atoms with E-state index in [2.05, 4.69) is 4.74 Å². The molecule has 2 aromatic rings.